The quantitative estimate of drug-likeness (QED) is 0.943. The van der Waals surface area contributed by atoms with E-state index in [1.165, 1.54) is 11.3 Å². The van der Waals surface area contributed by atoms with Crippen LogP contribution in [-0.4, -0.2) is 39.5 Å². The van der Waals surface area contributed by atoms with Crippen molar-refractivity contribution >= 4 is 34.6 Å². The second-order valence-electron chi connectivity index (χ2n) is 4.99. The number of carboxylic acids is 1. The third-order valence-corrected chi connectivity index (χ3v) is 5.67. The van der Waals surface area contributed by atoms with Gasteiger partial charge >= 0.3 is 5.97 Å². The van der Waals surface area contributed by atoms with Gasteiger partial charge in [0.15, 0.2) is 0 Å². The van der Waals surface area contributed by atoms with E-state index in [2.05, 4.69) is 4.98 Å². The van der Waals surface area contributed by atoms with Gasteiger partial charge in [-0.05, 0) is 24.8 Å². The molecule has 5 nitrogen and oxygen atoms in total. The van der Waals surface area contributed by atoms with E-state index in [1.54, 1.807) is 28.5 Å². The monoisotopic (exact) mass is 322 g/mol. The van der Waals surface area contributed by atoms with Gasteiger partial charge in [-0.3, -0.25) is 9.59 Å². The standard InChI is InChI=1S/C14H14N2O3S2/c1-8-9(14(18)19)4-5-16(8)13(17)10-7-21-12(15-10)11-3-2-6-20-11/h2-3,6-9H,4-5H2,1H3,(H,18,19). The first-order valence-electron chi connectivity index (χ1n) is 6.61. The number of carboxylic acid groups (broad SMARTS) is 1. The van der Waals surface area contributed by atoms with Crippen molar-refractivity contribution in [1.82, 2.24) is 9.88 Å². The molecule has 110 valence electrons. The zero-order valence-electron chi connectivity index (χ0n) is 11.4. The van der Waals surface area contributed by atoms with Crippen molar-refractivity contribution < 1.29 is 14.7 Å². The van der Waals surface area contributed by atoms with Gasteiger partial charge < -0.3 is 10.0 Å². The van der Waals surface area contributed by atoms with Crippen LogP contribution < -0.4 is 0 Å². The van der Waals surface area contributed by atoms with Crippen molar-refractivity contribution in [3.63, 3.8) is 0 Å². The smallest absolute Gasteiger partial charge is 0.308 e. The lowest BCUT2D eigenvalue weighted by atomic mass is 10.0. The highest BCUT2D eigenvalue weighted by molar-refractivity contribution is 7.20. The molecule has 0 radical (unpaired) electrons. The maximum absolute atomic E-state index is 12.5. The van der Waals surface area contributed by atoms with Gasteiger partial charge in [0, 0.05) is 18.0 Å². The summed E-state index contributed by atoms with van der Waals surface area (Å²) >= 11 is 3.02. The summed E-state index contributed by atoms with van der Waals surface area (Å²) in [5, 5.41) is 13.7. The summed E-state index contributed by atoms with van der Waals surface area (Å²) in [7, 11) is 0. The molecule has 2 aromatic rings. The minimum absolute atomic E-state index is 0.176. The highest BCUT2D eigenvalue weighted by Gasteiger charge is 2.38. The number of aromatic nitrogens is 1. The van der Waals surface area contributed by atoms with E-state index in [9.17, 15) is 9.59 Å². The lowest BCUT2D eigenvalue weighted by molar-refractivity contribution is -0.142. The molecule has 3 heterocycles. The number of likely N-dealkylation sites (tertiary alicyclic amines) is 1. The maximum atomic E-state index is 12.5. The number of carbonyl (C=O) groups excluding carboxylic acids is 1. The largest absolute Gasteiger partial charge is 0.481 e. The van der Waals surface area contributed by atoms with Crippen LogP contribution in [0.2, 0.25) is 0 Å². The highest BCUT2D eigenvalue weighted by Crippen LogP contribution is 2.30. The van der Waals surface area contributed by atoms with E-state index in [4.69, 9.17) is 5.11 Å². The van der Waals surface area contributed by atoms with Crippen LogP contribution in [0.3, 0.4) is 0 Å². The minimum atomic E-state index is -0.838. The van der Waals surface area contributed by atoms with Gasteiger partial charge in [-0.1, -0.05) is 6.07 Å². The van der Waals surface area contributed by atoms with Crippen LogP contribution in [0.25, 0.3) is 9.88 Å². The molecule has 1 N–H and O–H groups in total. The van der Waals surface area contributed by atoms with Gasteiger partial charge in [0.25, 0.3) is 5.91 Å². The number of amides is 1. The molecule has 1 saturated heterocycles. The van der Waals surface area contributed by atoms with Crippen LogP contribution in [0.1, 0.15) is 23.8 Å². The Morgan fingerprint density at radius 2 is 2.24 bits per heavy atom. The van der Waals surface area contributed by atoms with Gasteiger partial charge in [-0.15, -0.1) is 22.7 Å². The lowest BCUT2D eigenvalue weighted by Gasteiger charge is -2.22. The van der Waals surface area contributed by atoms with Gasteiger partial charge in [0.2, 0.25) is 0 Å². The van der Waals surface area contributed by atoms with Crippen molar-refractivity contribution in [2.75, 3.05) is 6.54 Å². The number of hydrogen-bond donors (Lipinski definition) is 1. The van der Waals surface area contributed by atoms with E-state index >= 15 is 0 Å². The molecule has 3 rings (SSSR count). The Balaban J connectivity index is 1.79. The molecule has 1 aliphatic rings. The lowest BCUT2D eigenvalue weighted by Crippen LogP contribution is -2.37. The first kappa shape index (κ1) is 14.2. The first-order valence-corrected chi connectivity index (χ1v) is 8.37. The molecule has 1 fully saturated rings. The van der Waals surface area contributed by atoms with E-state index in [1.807, 2.05) is 17.5 Å². The SMILES string of the molecule is CC1C(C(=O)O)CCN1C(=O)c1csc(-c2cccs2)n1. The van der Waals surface area contributed by atoms with Gasteiger partial charge in [0.05, 0.1) is 10.8 Å². The first-order chi connectivity index (χ1) is 10.1. The Morgan fingerprint density at radius 3 is 2.86 bits per heavy atom. The third-order valence-electron chi connectivity index (χ3n) is 3.79. The highest BCUT2D eigenvalue weighted by atomic mass is 32.1. The Hall–Kier alpha value is -1.73. The fourth-order valence-electron chi connectivity index (χ4n) is 2.59. The van der Waals surface area contributed by atoms with E-state index in [0.717, 1.165) is 9.88 Å². The molecule has 1 aliphatic heterocycles. The topological polar surface area (TPSA) is 70.5 Å². The van der Waals surface area contributed by atoms with Gasteiger partial charge in [0.1, 0.15) is 10.7 Å². The molecular weight excluding hydrogens is 308 g/mol. The predicted molar refractivity (Wildman–Crippen MR) is 81.7 cm³/mol. The molecule has 2 aromatic heterocycles. The van der Waals surface area contributed by atoms with E-state index in [0.29, 0.717) is 18.7 Å². The molecule has 0 aromatic carbocycles. The molecular formula is C14H14N2O3S2. The normalized spacial score (nSPS) is 21.7. The Morgan fingerprint density at radius 1 is 1.43 bits per heavy atom. The van der Waals surface area contributed by atoms with Crippen molar-refractivity contribution in [3.8, 4) is 9.88 Å². The van der Waals surface area contributed by atoms with Crippen LogP contribution in [0, 0.1) is 5.92 Å². The number of nitrogens with zero attached hydrogens (tertiary/aromatic N) is 2. The molecule has 2 atom stereocenters. The summed E-state index contributed by atoms with van der Waals surface area (Å²) in [6, 6.07) is 3.63. The number of aliphatic carboxylic acids is 1. The van der Waals surface area contributed by atoms with Crippen molar-refractivity contribution in [2.24, 2.45) is 5.92 Å². The second kappa shape index (κ2) is 5.57. The van der Waals surface area contributed by atoms with Crippen LogP contribution in [0.4, 0.5) is 0 Å². The van der Waals surface area contributed by atoms with E-state index in [-0.39, 0.29) is 11.9 Å². The van der Waals surface area contributed by atoms with Crippen LogP contribution in [0.5, 0.6) is 0 Å². The van der Waals surface area contributed by atoms with Gasteiger partial charge in [-0.25, -0.2) is 4.98 Å². The fraction of sp³-hybridized carbons (Fsp3) is 0.357. The average molecular weight is 322 g/mol. The maximum Gasteiger partial charge on any atom is 0.308 e. The Kier molecular flexibility index (Phi) is 3.77. The second-order valence-corrected chi connectivity index (χ2v) is 6.79. The number of carbonyl (C=O) groups is 2. The minimum Gasteiger partial charge on any atom is -0.481 e. The Bertz CT molecular complexity index is 666. The molecule has 0 aliphatic carbocycles. The Labute approximate surface area is 129 Å². The summed E-state index contributed by atoms with van der Waals surface area (Å²) < 4.78 is 0. The van der Waals surface area contributed by atoms with Crippen molar-refractivity contribution in [2.45, 2.75) is 19.4 Å². The number of rotatable bonds is 3. The molecule has 1 amide bonds. The number of hydrogen-bond acceptors (Lipinski definition) is 5. The summed E-state index contributed by atoms with van der Waals surface area (Å²) in [4.78, 5) is 30.7. The molecule has 21 heavy (non-hydrogen) atoms. The molecule has 2 unspecified atom stereocenters. The number of thiophene rings is 1. The van der Waals surface area contributed by atoms with Crippen LogP contribution >= 0.6 is 22.7 Å². The van der Waals surface area contributed by atoms with Crippen molar-refractivity contribution in [1.29, 1.82) is 0 Å². The third kappa shape index (κ3) is 2.58. The fourth-order valence-corrected chi connectivity index (χ4v) is 4.20. The predicted octanol–water partition coefficient (Wildman–Crippen LogP) is 2.81. The number of thiazole rings is 1. The van der Waals surface area contributed by atoms with Crippen LogP contribution in [0.15, 0.2) is 22.9 Å². The molecule has 0 bridgehead atoms. The van der Waals surface area contributed by atoms with Gasteiger partial charge in [-0.2, -0.15) is 0 Å². The summed E-state index contributed by atoms with van der Waals surface area (Å²) in [6.07, 6.45) is 0.504. The summed E-state index contributed by atoms with van der Waals surface area (Å²) in [5.41, 5.74) is 0.404. The molecule has 0 saturated carbocycles. The summed E-state index contributed by atoms with van der Waals surface area (Å²) in [6.45, 7) is 2.26. The van der Waals surface area contributed by atoms with Crippen LogP contribution in [-0.2, 0) is 4.79 Å². The average Bonchev–Trinajstić information content (AvgIpc) is 3.18. The molecule has 0 spiro atoms. The zero-order valence-corrected chi connectivity index (χ0v) is 13.0. The summed E-state index contributed by atoms with van der Waals surface area (Å²) in [5.74, 6) is -1.50. The van der Waals surface area contributed by atoms with E-state index < -0.39 is 11.9 Å². The van der Waals surface area contributed by atoms with Crippen molar-refractivity contribution in [3.05, 3.63) is 28.6 Å². The zero-order chi connectivity index (χ0) is 15.0. The molecule has 7 heteroatoms.